The Morgan fingerprint density at radius 1 is 1.00 bits per heavy atom. The molecule has 0 radical (unpaired) electrons. The molecule has 0 saturated carbocycles. The molecule has 0 aromatic heterocycles. The van der Waals surface area contributed by atoms with Crippen LogP contribution in [-0.2, 0) is 0 Å². The Hall–Kier alpha value is -1.74. The van der Waals surface area contributed by atoms with Crippen LogP contribution in [0.3, 0.4) is 0 Å². The molecular weight excluding hydrogens is 268 g/mol. The third-order valence-electron chi connectivity index (χ3n) is 3.67. The van der Waals surface area contributed by atoms with Gasteiger partial charge in [0.15, 0.2) is 0 Å². The van der Waals surface area contributed by atoms with Crippen LogP contribution in [-0.4, -0.2) is 6.54 Å². The summed E-state index contributed by atoms with van der Waals surface area (Å²) in [5, 5.41) is 3.37. The van der Waals surface area contributed by atoms with E-state index >= 15 is 0 Å². The van der Waals surface area contributed by atoms with Gasteiger partial charge in [-0.2, -0.15) is 0 Å². The van der Waals surface area contributed by atoms with Gasteiger partial charge in [-0.1, -0.05) is 31.2 Å². The summed E-state index contributed by atoms with van der Waals surface area (Å²) in [4.78, 5) is 0. The predicted molar refractivity (Wildman–Crippen MR) is 82.4 cm³/mol. The number of hydrogen-bond acceptors (Lipinski definition) is 1. The van der Waals surface area contributed by atoms with Crippen molar-refractivity contribution in [3.63, 3.8) is 0 Å². The number of nitrogens with one attached hydrogen (secondary N) is 1. The van der Waals surface area contributed by atoms with Gasteiger partial charge < -0.3 is 5.32 Å². The fourth-order valence-electron chi connectivity index (χ4n) is 2.53. The minimum Gasteiger partial charge on any atom is -0.306 e. The van der Waals surface area contributed by atoms with Crippen molar-refractivity contribution in [2.24, 2.45) is 0 Å². The van der Waals surface area contributed by atoms with Gasteiger partial charge in [-0.25, -0.2) is 8.78 Å². The van der Waals surface area contributed by atoms with Crippen molar-refractivity contribution in [2.45, 2.75) is 33.2 Å². The fourth-order valence-corrected chi connectivity index (χ4v) is 2.53. The van der Waals surface area contributed by atoms with E-state index in [0.717, 1.165) is 24.1 Å². The quantitative estimate of drug-likeness (QED) is 0.843. The summed E-state index contributed by atoms with van der Waals surface area (Å²) in [6.07, 6.45) is 0.949. The van der Waals surface area contributed by atoms with E-state index in [-0.39, 0.29) is 17.7 Å². The lowest BCUT2D eigenvalue weighted by molar-refractivity contribution is 0.539. The molecule has 0 amide bonds. The zero-order chi connectivity index (χ0) is 15.4. The Morgan fingerprint density at radius 3 is 2.43 bits per heavy atom. The molecule has 2 aromatic rings. The fraction of sp³-hybridized carbons (Fsp3) is 0.333. The maximum absolute atomic E-state index is 14.5. The first-order chi connectivity index (χ1) is 10.0. The molecule has 0 fully saturated rings. The number of halogens is 2. The van der Waals surface area contributed by atoms with Crippen LogP contribution in [0.25, 0.3) is 0 Å². The van der Waals surface area contributed by atoms with Crippen LogP contribution < -0.4 is 5.32 Å². The van der Waals surface area contributed by atoms with Gasteiger partial charge in [0.05, 0.1) is 6.04 Å². The van der Waals surface area contributed by atoms with Gasteiger partial charge in [0.25, 0.3) is 0 Å². The van der Waals surface area contributed by atoms with Crippen molar-refractivity contribution >= 4 is 0 Å². The van der Waals surface area contributed by atoms with Gasteiger partial charge in [-0.15, -0.1) is 0 Å². The lowest BCUT2D eigenvalue weighted by Crippen LogP contribution is -2.25. The van der Waals surface area contributed by atoms with Crippen LogP contribution in [0.5, 0.6) is 0 Å². The molecule has 1 N–H and O–H groups in total. The maximum Gasteiger partial charge on any atom is 0.131 e. The molecule has 0 aliphatic carbocycles. The lowest BCUT2D eigenvalue weighted by Gasteiger charge is -2.22. The monoisotopic (exact) mass is 289 g/mol. The number of rotatable bonds is 5. The highest BCUT2D eigenvalue weighted by molar-refractivity contribution is 5.39. The first-order valence-corrected chi connectivity index (χ1v) is 7.29. The molecule has 0 spiro atoms. The predicted octanol–water partition coefficient (Wildman–Crippen LogP) is 4.67. The second-order valence-electron chi connectivity index (χ2n) is 5.37. The second-order valence-corrected chi connectivity index (χ2v) is 5.37. The van der Waals surface area contributed by atoms with Crippen LogP contribution in [0.1, 0.15) is 41.6 Å². The molecule has 2 aromatic carbocycles. The Balaban J connectivity index is 2.49. The zero-order valence-electron chi connectivity index (χ0n) is 12.7. The summed E-state index contributed by atoms with van der Waals surface area (Å²) in [5.41, 5.74) is 2.97. The Morgan fingerprint density at radius 2 is 1.76 bits per heavy atom. The van der Waals surface area contributed by atoms with Crippen LogP contribution >= 0.6 is 0 Å². The van der Waals surface area contributed by atoms with Gasteiger partial charge in [0.1, 0.15) is 11.6 Å². The Bertz CT molecular complexity index is 623. The summed E-state index contributed by atoms with van der Waals surface area (Å²) >= 11 is 0. The highest BCUT2D eigenvalue weighted by Gasteiger charge is 2.20. The molecule has 2 rings (SSSR count). The molecular formula is C18H21F2N. The highest BCUT2D eigenvalue weighted by atomic mass is 19.1. The van der Waals surface area contributed by atoms with Gasteiger partial charge in [-0.3, -0.25) is 0 Å². The van der Waals surface area contributed by atoms with Gasteiger partial charge in [0, 0.05) is 5.56 Å². The van der Waals surface area contributed by atoms with Crippen LogP contribution in [0.4, 0.5) is 8.78 Å². The largest absolute Gasteiger partial charge is 0.306 e. The van der Waals surface area contributed by atoms with Crippen LogP contribution in [0.15, 0.2) is 36.4 Å². The second kappa shape index (κ2) is 6.81. The summed E-state index contributed by atoms with van der Waals surface area (Å²) in [6.45, 7) is 6.45. The third-order valence-corrected chi connectivity index (χ3v) is 3.67. The van der Waals surface area contributed by atoms with E-state index in [1.54, 1.807) is 25.1 Å². The van der Waals surface area contributed by atoms with Crippen molar-refractivity contribution in [1.29, 1.82) is 0 Å². The van der Waals surface area contributed by atoms with E-state index in [9.17, 15) is 8.78 Å². The Labute approximate surface area is 125 Å². The molecule has 3 heteroatoms. The minimum atomic E-state index is -0.268. The van der Waals surface area contributed by atoms with E-state index in [2.05, 4.69) is 12.2 Å². The zero-order valence-corrected chi connectivity index (χ0v) is 12.7. The van der Waals surface area contributed by atoms with Crippen molar-refractivity contribution in [2.75, 3.05) is 6.54 Å². The van der Waals surface area contributed by atoms with E-state index in [1.807, 2.05) is 13.0 Å². The average Bonchev–Trinajstić information content (AvgIpc) is 2.45. The average molecular weight is 289 g/mol. The molecule has 0 aliphatic rings. The molecule has 0 bridgehead atoms. The highest BCUT2D eigenvalue weighted by Crippen LogP contribution is 2.28. The lowest BCUT2D eigenvalue weighted by atomic mass is 9.93. The molecule has 0 heterocycles. The topological polar surface area (TPSA) is 12.0 Å². The van der Waals surface area contributed by atoms with Gasteiger partial charge >= 0.3 is 0 Å². The molecule has 1 unspecified atom stereocenters. The molecule has 1 nitrogen and oxygen atoms in total. The smallest absolute Gasteiger partial charge is 0.131 e. The van der Waals surface area contributed by atoms with E-state index in [4.69, 9.17) is 0 Å². The van der Waals surface area contributed by atoms with Crippen molar-refractivity contribution in [1.82, 2.24) is 5.32 Å². The first kappa shape index (κ1) is 15.6. The summed E-state index contributed by atoms with van der Waals surface area (Å²) in [6, 6.07) is 9.80. The van der Waals surface area contributed by atoms with Gasteiger partial charge in [-0.05, 0) is 55.6 Å². The van der Waals surface area contributed by atoms with Crippen LogP contribution in [0, 0.1) is 25.5 Å². The summed E-state index contributed by atoms with van der Waals surface area (Å²) in [7, 11) is 0. The first-order valence-electron chi connectivity index (χ1n) is 7.29. The summed E-state index contributed by atoms with van der Waals surface area (Å²) in [5.74, 6) is -0.468. The number of hydrogen-bond donors (Lipinski definition) is 1. The molecule has 1 atom stereocenters. The molecule has 21 heavy (non-hydrogen) atoms. The van der Waals surface area contributed by atoms with Gasteiger partial charge in [0.2, 0.25) is 0 Å². The number of aryl methyl sites for hydroxylation is 2. The SMILES string of the molecule is CCCNC(c1ccc(F)cc1C)c1cccc(C)c1F. The van der Waals surface area contributed by atoms with Crippen molar-refractivity contribution < 1.29 is 8.78 Å². The Kier molecular flexibility index (Phi) is 5.07. The van der Waals surface area contributed by atoms with E-state index in [1.165, 1.54) is 12.1 Å². The molecule has 0 aliphatic heterocycles. The van der Waals surface area contributed by atoms with E-state index in [0.29, 0.717) is 11.1 Å². The summed E-state index contributed by atoms with van der Waals surface area (Å²) < 4.78 is 27.8. The maximum atomic E-state index is 14.5. The normalized spacial score (nSPS) is 12.4. The third kappa shape index (κ3) is 3.48. The number of benzene rings is 2. The standard InChI is InChI=1S/C18H21F2N/c1-4-10-21-18(15-9-8-14(19)11-13(15)3)16-7-5-6-12(2)17(16)20/h5-9,11,18,21H,4,10H2,1-3H3. The molecule has 0 saturated heterocycles. The van der Waals surface area contributed by atoms with Crippen LogP contribution in [0.2, 0.25) is 0 Å². The molecule has 112 valence electrons. The van der Waals surface area contributed by atoms with E-state index < -0.39 is 0 Å². The van der Waals surface area contributed by atoms with Crippen molar-refractivity contribution in [3.05, 3.63) is 70.3 Å². The minimum absolute atomic E-state index is 0.199. The van der Waals surface area contributed by atoms with Crippen molar-refractivity contribution in [3.8, 4) is 0 Å².